The van der Waals surface area contributed by atoms with E-state index in [4.69, 9.17) is 28.9 Å². The Morgan fingerprint density at radius 3 is 2.89 bits per heavy atom. The van der Waals surface area contributed by atoms with E-state index in [0.717, 1.165) is 31.2 Å². The molecule has 19 heavy (non-hydrogen) atoms. The minimum absolute atomic E-state index is 0.367. The van der Waals surface area contributed by atoms with Gasteiger partial charge in [0.25, 0.3) is 0 Å². The number of rotatable bonds is 2. The molecule has 2 fully saturated rings. The summed E-state index contributed by atoms with van der Waals surface area (Å²) < 4.78 is 0. The minimum Gasteiger partial charge on any atom is -0.327 e. The topological polar surface area (TPSA) is 42.1 Å². The van der Waals surface area contributed by atoms with Crippen LogP contribution in [-0.4, -0.2) is 29.0 Å². The predicted octanol–water partition coefficient (Wildman–Crippen LogP) is 2.95. The highest BCUT2D eigenvalue weighted by molar-refractivity contribution is 6.32. The quantitative estimate of drug-likeness (QED) is 0.854. The Bertz CT molecular complexity index is 466. The summed E-state index contributed by atoms with van der Waals surface area (Å²) in [5.74, 6) is 1.40. The normalized spacial score (nSPS) is 31.4. The fraction of sp³-hybridized carbons (Fsp3) is 0.643. The lowest BCUT2D eigenvalue weighted by molar-refractivity contribution is 0.259. The van der Waals surface area contributed by atoms with Gasteiger partial charge in [-0.15, -0.1) is 0 Å². The van der Waals surface area contributed by atoms with Crippen LogP contribution < -0.4 is 5.73 Å². The van der Waals surface area contributed by atoms with Gasteiger partial charge in [0.1, 0.15) is 5.15 Å². The molecular weight excluding hydrogens is 281 g/mol. The SMILES string of the molecule is NC1CCCC2CN(Cc3nc(Cl)ccc3Cl)CC12. The molecule has 5 heteroatoms. The first-order chi connectivity index (χ1) is 9.13. The van der Waals surface area contributed by atoms with Crippen molar-refractivity contribution in [2.45, 2.75) is 31.8 Å². The molecular formula is C14H19Cl2N3. The Balaban J connectivity index is 1.70. The van der Waals surface area contributed by atoms with E-state index in [2.05, 4.69) is 9.88 Å². The molecule has 2 aliphatic rings. The Hall–Kier alpha value is -0.350. The molecule has 1 saturated heterocycles. The molecule has 1 aromatic rings. The van der Waals surface area contributed by atoms with Crippen LogP contribution in [0.15, 0.2) is 12.1 Å². The molecule has 0 spiro atoms. The average molecular weight is 300 g/mol. The smallest absolute Gasteiger partial charge is 0.129 e. The largest absolute Gasteiger partial charge is 0.327 e. The third-order valence-corrected chi connectivity index (χ3v) is 5.04. The second-order valence-electron chi connectivity index (χ2n) is 5.78. The fourth-order valence-electron chi connectivity index (χ4n) is 3.52. The van der Waals surface area contributed by atoms with E-state index in [1.807, 2.05) is 6.07 Å². The summed E-state index contributed by atoms with van der Waals surface area (Å²) in [4.78, 5) is 6.75. The second-order valence-corrected chi connectivity index (χ2v) is 6.57. The summed E-state index contributed by atoms with van der Waals surface area (Å²) in [5, 5.41) is 1.20. The molecule has 0 bridgehead atoms. The van der Waals surface area contributed by atoms with E-state index in [-0.39, 0.29) is 0 Å². The molecule has 3 nitrogen and oxygen atoms in total. The zero-order valence-corrected chi connectivity index (χ0v) is 12.4. The molecule has 3 rings (SSSR count). The zero-order chi connectivity index (χ0) is 13.4. The summed E-state index contributed by atoms with van der Waals surface area (Å²) in [6, 6.07) is 3.92. The molecule has 3 atom stereocenters. The number of hydrogen-bond acceptors (Lipinski definition) is 3. The maximum atomic E-state index is 6.24. The zero-order valence-electron chi connectivity index (χ0n) is 10.9. The number of likely N-dealkylation sites (tertiary alicyclic amines) is 1. The summed E-state index contributed by atoms with van der Waals surface area (Å²) in [6.07, 6.45) is 3.75. The summed E-state index contributed by atoms with van der Waals surface area (Å²) in [5.41, 5.74) is 7.12. The van der Waals surface area contributed by atoms with Crippen molar-refractivity contribution in [2.75, 3.05) is 13.1 Å². The summed E-state index contributed by atoms with van der Waals surface area (Å²) in [6.45, 7) is 2.96. The van der Waals surface area contributed by atoms with Crippen molar-refractivity contribution >= 4 is 23.2 Å². The number of halogens is 2. The summed E-state index contributed by atoms with van der Waals surface area (Å²) in [7, 11) is 0. The highest BCUT2D eigenvalue weighted by Gasteiger charge is 2.38. The highest BCUT2D eigenvalue weighted by Crippen LogP contribution is 2.36. The molecule has 3 unspecified atom stereocenters. The number of aromatic nitrogens is 1. The third kappa shape index (κ3) is 2.89. The Kier molecular flexibility index (Phi) is 3.99. The van der Waals surface area contributed by atoms with Crippen LogP contribution in [0.5, 0.6) is 0 Å². The van der Waals surface area contributed by atoms with Gasteiger partial charge in [-0.3, -0.25) is 4.90 Å². The van der Waals surface area contributed by atoms with Crippen LogP contribution in [0.3, 0.4) is 0 Å². The number of nitrogens with two attached hydrogens (primary N) is 1. The van der Waals surface area contributed by atoms with Crippen LogP contribution in [0.2, 0.25) is 10.2 Å². The summed E-state index contributed by atoms with van der Waals surface area (Å²) >= 11 is 12.1. The van der Waals surface area contributed by atoms with Crippen molar-refractivity contribution in [1.82, 2.24) is 9.88 Å². The van der Waals surface area contributed by atoms with Crippen molar-refractivity contribution in [3.05, 3.63) is 28.0 Å². The van der Waals surface area contributed by atoms with Crippen LogP contribution in [0, 0.1) is 11.8 Å². The Labute approximate surface area is 124 Å². The van der Waals surface area contributed by atoms with E-state index in [1.54, 1.807) is 6.07 Å². The lowest BCUT2D eigenvalue weighted by Gasteiger charge is -2.29. The second kappa shape index (κ2) is 5.57. The van der Waals surface area contributed by atoms with Crippen molar-refractivity contribution < 1.29 is 0 Å². The predicted molar refractivity (Wildman–Crippen MR) is 78.3 cm³/mol. The Morgan fingerprint density at radius 1 is 1.26 bits per heavy atom. The number of nitrogens with zero attached hydrogens (tertiary/aromatic N) is 2. The molecule has 104 valence electrons. The van der Waals surface area contributed by atoms with Crippen LogP contribution in [0.1, 0.15) is 25.0 Å². The molecule has 2 heterocycles. The lowest BCUT2D eigenvalue weighted by atomic mass is 9.78. The van der Waals surface area contributed by atoms with Gasteiger partial charge in [0.15, 0.2) is 0 Å². The van der Waals surface area contributed by atoms with Gasteiger partial charge >= 0.3 is 0 Å². The van der Waals surface area contributed by atoms with Gasteiger partial charge in [-0.1, -0.05) is 29.6 Å². The van der Waals surface area contributed by atoms with E-state index >= 15 is 0 Å². The van der Waals surface area contributed by atoms with E-state index in [9.17, 15) is 0 Å². The van der Waals surface area contributed by atoms with Gasteiger partial charge in [-0.05, 0) is 36.8 Å². The molecule has 0 amide bonds. The van der Waals surface area contributed by atoms with Gasteiger partial charge in [0.2, 0.25) is 0 Å². The maximum Gasteiger partial charge on any atom is 0.129 e. The van der Waals surface area contributed by atoms with Crippen molar-refractivity contribution in [2.24, 2.45) is 17.6 Å². The van der Waals surface area contributed by atoms with Crippen molar-refractivity contribution in [3.63, 3.8) is 0 Å². The van der Waals surface area contributed by atoms with Gasteiger partial charge in [-0.2, -0.15) is 0 Å². The standard InChI is InChI=1S/C14H19Cl2N3/c15-11-4-5-14(16)18-13(11)8-19-6-9-2-1-3-12(17)10(9)7-19/h4-5,9-10,12H,1-3,6-8,17H2. The molecule has 1 aromatic heterocycles. The molecule has 0 radical (unpaired) electrons. The highest BCUT2D eigenvalue weighted by atomic mass is 35.5. The molecule has 1 aliphatic heterocycles. The number of pyridine rings is 1. The van der Waals surface area contributed by atoms with Crippen LogP contribution in [-0.2, 0) is 6.54 Å². The first-order valence-electron chi connectivity index (χ1n) is 6.92. The van der Waals surface area contributed by atoms with Crippen molar-refractivity contribution in [1.29, 1.82) is 0 Å². The molecule has 1 saturated carbocycles. The molecule has 0 aromatic carbocycles. The average Bonchev–Trinajstić information content (AvgIpc) is 2.78. The van der Waals surface area contributed by atoms with Crippen LogP contribution in [0.4, 0.5) is 0 Å². The first-order valence-corrected chi connectivity index (χ1v) is 7.68. The number of hydrogen-bond donors (Lipinski definition) is 1. The monoisotopic (exact) mass is 299 g/mol. The van der Waals surface area contributed by atoms with Crippen molar-refractivity contribution in [3.8, 4) is 0 Å². The van der Waals surface area contributed by atoms with Gasteiger partial charge < -0.3 is 5.73 Å². The molecule has 2 N–H and O–H groups in total. The lowest BCUT2D eigenvalue weighted by Crippen LogP contribution is -2.38. The maximum absolute atomic E-state index is 6.24. The Morgan fingerprint density at radius 2 is 2.11 bits per heavy atom. The number of fused-ring (bicyclic) bond motifs is 1. The third-order valence-electron chi connectivity index (χ3n) is 4.49. The van der Waals surface area contributed by atoms with Crippen LogP contribution in [0.25, 0.3) is 0 Å². The first kappa shape index (κ1) is 13.6. The van der Waals surface area contributed by atoms with E-state index in [1.165, 1.54) is 19.3 Å². The van der Waals surface area contributed by atoms with Gasteiger partial charge in [0, 0.05) is 25.7 Å². The minimum atomic E-state index is 0.367. The van der Waals surface area contributed by atoms with E-state index < -0.39 is 0 Å². The van der Waals surface area contributed by atoms with Gasteiger partial charge in [-0.25, -0.2) is 4.98 Å². The fourth-order valence-corrected chi connectivity index (χ4v) is 3.85. The van der Waals surface area contributed by atoms with Gasteiger partial charge in [0.05, 0.1) is 10.7 Å². The molecule has 1 aliphatic carbocycles. The van der Waals surface area contributed by atoms with Crippen LogP contribution >= 0.6 is 23.2 Å². The van der Waals surface area contributed by atoms with E-state index in [0.29, 0.717) is 22.1 Å².